The van der Waals surface area contributed by atoms with E-state index >= 15 is 0 Å². The number of carboxylic acids is 2. The largest absolute Gasteiger partial charge is 0.481 e. The lowest BCUT2D eigenvalue weighted by Gasteiger charge is -2.36. The summed E-state index contributed by atoms with van der Waals surface area (Å²) in [5.74, 6) is -2.11. The molecule has 4 heterocycles. The van der Waals surface area contributed by atoms with Crippen molar-refractivity contribution in [3.8, 4) is 22.9 Å². The number of pyridine rings is 2. The molecule has 2 aliphatic heterocycles. The van der Waals surface area contributed by atoms with E-state index < -0.39 is 35.2 Å². The molecule has 1 amide bonds. The number of carboxylic acid groups (broad SMARTS) is 2. The number of carbonyl (C=O) groups is 3. The van der Waals surface area contributed by atoms with Crippen molar-refractivity contribution in [1.82, 2.24) is 20.2 Å². The number of carbonyl (C=O) groups excluding carboxylic acids is 1. The number of aliphatic hydroxyl groups is 2. The molecule has 2 saturated heterocycles. The number of likely N-dealkylation sites (tertiary alicyclic amines) is 1. The number of ether oxygens (including phenoxy) is 2. The molecule has 2 unspecified atom stereocenters. The second kappa shape index (κ2) is 16.6. The van der Waals surface area contributed by atoms with Crippen molar-refractivity contribution in [2.45, 2.75) is 74.8 Å². The van der Waals surface area contributed by atoms with E-state index in [2.05, 4.69) is 20.6 Å². The molecule has 0 spiro atoms. The number of piperidine rings is 2. The highest BCUT2D eigenvalue weighted by Crippen LogP contribution is 2.44. The molecule has 2 fully saturated rings. The predicted octanol–water partition coefficient (Wildman–Crippen LogP) is 5.30. The van der Waals surface area contributed by atoms with E-state index in [1.54, 1.807) is 30.5 Å². The Kier molecular flexibility index (Phi) is 11.7. The molecule has 2 aromatic heterocycles. The van der Waals surface area contributed by atoms with Crippen LogP contribution in [0.3, 0.4) is 0 Å². The van der Waals surface area contributed by atoms with Gasteiger partial charge < -0.3 is 40.5 Å². The zero-order chi connectivity index (χ0) is 40.5. The van der Waals surface area contributed by atoms with E-state index in [1.165, 1.54) is 7.11 Å². The number of methoxy groups -OCH3 is 1. The van der Waals surface area contributed by atoms with Crippen LogP contribution in [0.2, 0.25) is 10.0 Å². The summed E-state index contributed by atoms with van der Waals surface area (Å²) < 4.78 is 12.0. The van der Waals surface area contributed by atoms with Gasteiger partial charge in [-0.3, -0.25) is 9.69 Å². The van der Waals surface area contributed by atoms with E-state index in [0.29, 0.717) is 55.6 Å². The highest BCUT2D eigenvalue weighted by molar-refractivity contribution is 6.37. The summed E-state index contributed by atoms with van der Waals surface area (Å²) in [5.41, 5.74) is 1.50. The summed E-state index contributed by atoms with van der Waals surface area (Å²) in [6.07, 6.45) is 4.18. The lowest BCUT2D eigenvalue weighted by Crippen LogP contribution is -2.55. The van der Waals surface area contributed by atoms with Gasteiger partial charge in [-0.25, -0.2) is 14.6 Å². The van der Waals surface area contributed by atoms with Crippen LogP contribution in [0.5, 0.6) is 11.8 Å². The zero-order valence-corrected chi connectivity index (χ0v) is 32.6. The zero-order valence-electron chi connectivity index (χ0n) is 31.1. The Hall–Kier alpha value is -4.83. The summed E-state index contributed by atoms with van der Waals surface area (Å²) in [7, 11) is 1.48. The summed E-state index contributed by atoms with van der Waals surface area (Å²) in [6.45, 7) is 0.769. The third kappa shape index (κ3) is 8.43. The minimum absolute atomic E-state index is 0.0321. The van der Waals surface area contributed by atoms with Gasteiger partial charge in [0.1, 0.15) is 16.9 Å². The van der Waals surface area contributed by atoms with Crippen LogP contribution >= 0.6 is 23.2 Å². The first-order chi connectivity index (χ1) is 27.3. The standard InChI is InChI=1S/C41H43Cl2N5O9/c1-56-36-24(20-48-17-5-14-41(55,22-48)39(52)53)19-31(42)37(47-36)57-32-12-11-27-26(7-2-8-28(27)32)29-9-3-10-30(33(29)43)35(49)46-34-23(6-4-16-44-34)18-25-13-15-40(54,21-45-25)38(50)51/h2-4,6-10,16,19,25,32,45,54-55H,5,11-15,17-18,20-22H2,1H3,(H,50,51)(H,52,53)(H,44,46,49)/t25?,32-,40?,41-/m0/s1. The number of hydrogen-bond donors (Lipinski definition) is 6. The Bertz CT molecular complexity index is 2200. The summed E-state index contributed by atoms with van der Waals surface area (Å²) >= 11 is 13.7. The molecule has 1 aliphatic carbocycles. The van der Waals surface area contributed by atoms with E-state index in [9.17, 15) is 34.8 Å². The van der Waals surface area contributed by atoms with Gasteiger partial charge >= 0.3 is 11.9 Å². The van der Waals surface area contributed by atoms with Crippen LogP contribution in [0, 0.1) is 0 Å². The molecule has 14 nitrogen and oxygen atoms in total. The highest BCUT2D eigenvalue weighted by atomic mass is 35.5. The van der Waals surface area contributed by atoms with Gasteiger partial charge in [-0.1, -0.05) is 59.6 Å². The van der Waals surface area contributed by atoms with Crippen LogP contribution in [-0.4, -0.2) is 97.1 Å². The van der Waals surface area contributed by atoms with E-state index in [1.807, 2.05) is 35.2 Å². The lowest BCUT2D eigenvalue weighted by molar-refractivity contribution is -0.164. The predicted molar refractivity (Wildman–Crippen MR) is 211 cm³/mol. The molecular weight excluding hydrogens is 777 g/mol. The van der Waals surface area contributed by atoms with Crippen LogP contribution in [0.4, 0.5) is 5.82 Å². The topological polar surface area (TPSA) is 204 Å². The number of hydrogen-bond acceptors (Lipinski definition) is 11. The van der Waals surface area contributed by atoms with Crippen molar-refractivity contribution < 1.29 is 44.3 Å². The second-order valence-corrected chi connectivity index (χ2v) is 15.7. The van der Waals surface area contributed by atoms with Crippen LogP contribution < -0.4 is 20.1 Å². The number of amides is 1. The number of benzene rings is 2. The maximum atomic E-state index is 13.8. The Morgan fingerprint density at radius 3 is 2.47 bits per heavy atom. The first kappa shape index (κ1) is 40.4. The van der Waals surface area contributed by atoms with Crippen molar-refractivity contribution in [2.24, 2.45) is 0 Å². The van der Waals surface area contributed by atoms with E-state index in [4.69, 9.17) is 32.7 Å². The first-order valence-electron chi connectivity index (χ1n) is 18.7. The lowest BCUT2D eigenvalue weighted by atomic mass is 9.88. The quantitative estimate of drug-likeness (QED) is 0.108. The molecule has 300 valence electrons. The van der Waals surface area contributed by atoms with Crippen molar-refractivity contribution in [1.29, 1.82) is 0 Å². The third-order valence-electron chi connectivity index (χ3n) is 11.1. The summed E-state index contributed by atoms with van der Waals surface area (Å²) in [4.78, 5) is 47.7. The molecule has 6 N–H and O–H groups in total. The van der Waals surface area contributed by atoms with Crippen molar-refractivity contribution in [2.75, 3.05) is 32.1 Å². The van der Waals surface area contributed by atoms with Crippen molar-refractivity contribution in [3.05, 3.63) is 98.7 Å². The maximum Gasteiger partial charge on any atom is 0.337 e. The van der Waals surface area contributed by atoms with Gasteiger partial charge in [-0.05, 0) is 91.9 Å². The number of nitrogens with zero attached hydrogens (tertiary/aromatic N) is 3. The molecule has 2 aromatic carbocycles. The van der Waals surface area contributed by atoms with Gasteiger partial charge in [-0.2, -0.15) is 4.98 Å². The third-order valence-corrected chi connectivity index (χ3v) is 11.8. The van der Waals surface area contributed by atoms with Gasteiger partial charge in [0.2, 0.25) is 11.8 Å². The second-order valence-electron chi connectivity index (χ2n) is 14.9. The Morgan fingerprint density at radius 1 is 0.965 bits per heavy atom. The fourth-order valence-corrected chi connectivity index (χ4v) is 8.54. The number of aliphatic carboxylic acids is 2. The van der Waals surface area contributed by atoms with Gasteiger partial charge in [0.05, 0.1) is 17.7 Å². The van der Waals surface area contributed by atoms with Gasteiger partial charge in [-0.15, -0.1) is 0 Å². The van der Waals surface area contributed by atoms with Crippen LogP contribution in [0.1, 0.15) is 70.8 Å². The molecule has 4 aromatic rings. The smallest absolute Gasteiger partial charge is 0.337 e. The Morgan fingerprint density at radius 2 is 1.74 bits per heavy atom. The number of rotatable bonds is 12. The molecule has 4 atom stereocenters. The molecule has 16 heteroatoms. The summed E-state index contributed by atoms with van der Waals surface area (Å²) in [6, 6.07) is 16.3. The molecule has 0 bridgehead atoms. The van der Waals surface area contributed by atoms with E-state index in [-0.39, 0.29) is 65.9 Å². The van der Waals surface area contributed by atoms with Gasteiger partial charge in [0.15, 0.2) is 11.2 Å². The number of halogens is 2. The fourth-order valence-electron chi connectivity index (χ4n) is 8.01. The van der Waals surface area contributed by atoms with Crippen molar-refractivity contribution in [3.63, 3.8) is 0 Å². The minimum atomic E-state index is -1.82. The van der Waals surface area contributed by atoms with Crippen molar-refractivity contribution >= 4 is 46.9 Å². The molecule has 0 radical (unpaired) electrons. The number of β-amino-alcohol motifs (C(OH)–C–C–N with tert-alkyl or cyclic N) is 2. The molecule has 57 heavy (non-hydrogen) atoms. The van der Waals surface area contributed by atoms with E-state index in [0.717, 1.165) is 22.3 Å². The molecule has 0 saturated carbocycles. The number of anilines is 1. The van der Waals surface area contributed by atoms with Gasteiger partial charge in [0, 0.05) is 43.0 Å². The Balaban J connectivity index is 1.06. The van der Waals surface area contributed by atoms with Crippen LogP contribution in [-0.2, 0) is 29.0 Å². The van der Waals surface area contributed by atoms with Crippen LogP contribution in [0.25, 0.3) is 11.1 Å². The average molecular weight is 821 g/mol. The SMILES string of the molecule is COc1nc(O[C@H]2CCc3c(-c4cccc(C(=O)Nc5ncccc5CC5CCC(O)(C(=O)O)CN5)c4Cl)cccc32)c(Cl)cc1CN1CCC[C@@](O)(C(=O)O)C1. The highest BCUT2D eigenvalue weighted by Gasteiger charge is 2.41. The number of fused-ring (bicyclic) bond motifs is 1. The fraction of sp³-hybridized carbons (Fsp3) is 0.390. The normalized spacial score (nSPS) is 23.4. The molecule has 7 rings (SSSR count). The minimum Gasteiger partial charge on any atom is -0.481 e. The average Bonchev–Trinajstić information content (AvgIpc) is 3.60. The Labute approximate surface area is 338 Å². The van der Waals surface area contributed by atoms with Crippen LogP contribution in [0.15, 0.2) is 60.8 Å². The maximum absolute atomic E-state index is 13.8. The van der Waals surface area contributed by atoms with Gasteiger partial charge in [0.25, 0.3) is 5.91 Å². The summed E-state index contributed by atoms with van der Waals surface area (Å²) in [5, 5.41) is 46.3. The molecular formula is C41H43Cl2N5O9. The first-order valence-corrected chi connectivity index (χ1v) is 19.5. The number of aromatic nitrogens is 2. The molecule has 3 aliphatic rings. The number of nitrogens with one attached hydrogen (secondary N) is 2. The monoisotopic (exact) mass is 819 g/mol.